The van der Waals surface area contributed by atoms with E-state index in [0.717, 1.165) is 12.1 Å². The lowest BCUT2D eigenvalue weighted by Crippen LogP contribution is -2.35. The van der Waals surface area contributed by atoms with Crippen LogP contribution in [0, 0.1) is 17.5 Å². The Balaban J connectivity index is 2.39. The molecule has 0 aromatic heterocycles. The topological polar surface area (TPSA) is 50.4 Å². The van der Waals surface area contributed by atoms with Gasteiger partial charge in [-0.2, -0.15) is 0 Å². The maximum Gasteiger partial charge on any atom is 0.407 e. The van der Waals surface area contributed by atoms with Gasteiger partial charge in [-0.3, -0.25) is 0 Å². The van der Waals surface area contributed by atoms with Crippen molar-refractivity contribution < 1.29 is 22.7 Å². The molecule has 0 bridgehead atoms. The van der Waals surface area contributed by atoms with Crippen LogP contribution in [0.3, 0.4) is 0 Å². The maximum atomic E-state index is 13.3. The van der Waals surface area contributed by atoms with Gasteiger partial charge in [-0.05, 0) is 32.9 Å². The SMILES string of the molecule is CC(C)(C)OC(=O)NCCNc1ccc(F)c(F)c1F. The normalized spacial score (nSPS) is 11.1. The van der Waals surface area contributed by atoms with Gasteiger partial charge in [0, 0.05) is 13.1 Å². The Hall–Kier alpha value is -1.92. The number of amides is 1. The molecule has 0 aliphatic heterocycles. The minimum Gasteiger partial charge on any atom is -0.444 e. The van der Waals surface area contributed by atoms with E-state index in [1.165, 1.54) is 0 Å². The van der Waals surface area contributed by atoms with Crippen LogP contribution in [0.5, 0.6) is 0 Å². The number of alkyl carbamates (subject to hydrolysis) is 1. The second-order valence-electron chi connectivity index (χ2n) is 5.08. The summed E-state index contributed by atoms with van der Waals surface area (Å²) < 4.78 is 43.9. The van der Waals surface area contributed by atoms with Crippen LogP contribution in [0.2, 0.25) is 0 Å². The Labute approximate surface area is 115 Å². The predicted octanol–water partition coefficient (Wildman–Crippen LogP) is 3.04. The van der Waals surface area contributed by atoms with E-state index in [4.69, 9.17) is 4.74 Å². The summed E-state index contributed by atoms with van der Waals surface area (Å²) in [7, 11) is 0. The van der Waals surface area contributed by atoms with Crippen LogP contribution in [-0.4, -0.2) is 24.8 Å². The Morgan fingerprint density at radius 3 is 2.40 bits per heavy atom. The number of hydrogen-bond donors (Lipinski definition) is 2. The van der Waals surface area contributed by atoms with Crippen LogP contribution in [0.4, 0.5) is 23.7 Å². The van der Waals surface area contributed by atoms with Gasteiger partial charge in [-0.15, -0.1) is 0 Å². The molecular formula is C13H17F3N2O2. The van der Waals surface area contributed by atoms with Crippen molar-refractivity contribution in [2.75, 3.05) is 18.4 Å². The third kappa shape index (κ3) is 4.99. The molecule has 0 unspecified atom stereocenters. The Morgan fingerprint density at radius 2 is 1.80 bits per heavy atom. The van der Waals surface area contributed by atoms with E-state index in [2.05, 4.69) is 10.6 Å². The van der Waals surface area contributed by atoms with Crippen LogP contribution in [0.1, 0.15) is 20.8 Å². The highest BCUT2D eigenvalue weighted by atomic mass is 19.2. The van der Waals surface area contributed by atoms with Crippen LogP contribution in [-0.2, 0) is 4.74 Å². The minimum absolute atomic E-state index is 0.140. The fourth-order valence-corrected chi connectivity index (χ4v) is 1.34. The van der Waals surface area contributed by atoms with Crippen molar-refractivity contribution >= 4 is 11.8 Å². The summed E-state index contributed by atoms with van der Waals surface area (Å²) in [6.07, 6.45) is -0.606. The van der Waals surface area contributed by atoms with Gasteiger partial charge >= 0.3 is 6.09 Å². The molecule has 7 heteroatoms. The number of benzene rings is 1. The molecular weight excluding hydrogens is 273 g/mol. The van der Waals surface area contributed by atoms with E-state index < -0.39 is 29.1 Å². The van der Waals surface area contributed by atoms with Crippen molar-refractivity contribution in [3.8, 4) is 0 Å². The van der Waals surface area contributed by atoms with Gasteiger partial charge in [-0.25, -0.2) is 18.0 Å². The van der Waals surface area contributed by atoms with Crippen molar-refractivity contribution in [3.63, 3.8) is 0 Å². The van der Waals surface area contributed by atoms with Gasteiger partial charge in [0.25, 0.3) is 0 Å². The number of hydrogen-bond acceptors (Lipinski definition) is 3. The molecule has 1 rings (SSSR count). The van der Waals surface area contributed by atoms with Crippen LogP contribution in [0.15, 0.2) is 12.1 Å². The van der Waals surface area contributed by atoms with Crippen molar-refractivity contribution in [1.82, 2.24) is 5.32 Å². The molecule has 112 valence electrons. The Morgan fingerprint density at radius 1 is 1.15 bits per heavy atom. The first-order chi connectivity index (χ1) is 9.20. The van der Waals surface area contributed by atoms with E-state index in [9.17, 15) is 18.0 Å². The number of halogens is 3. The van der Waals surface area contributed by atoms with Gasteiger partial charge in [0.2, 0.25) is 0 Å². The summed E-state index contributed by atoms with van der Waals surface area (Å²) in [5.41, 5.74) is -0.779. The minimum atomic E-state index is -1.53. The lowest BCUT2D eigenvalue weighted by molar-refractivity contribution is 0.0530. The predicted molar refractivity (Wildman–Crippen MR) is 69.0 cm³/mol. The second kappa shape index (κ2) is 6.49. The molecule has 0 aliphatic carbocycles. The number of carbonyl (C=O) groups is 1. The molecule has 0 saturated heterocycles. The van der Waals surface area contributed by atoms with E-state index >= 15 is 0 Å². The summed E-state index contributed by atoms with van der Waals surface area (Å²) in [6, 6.07) is 1.91. The molecule has 0 fully saturated rings. The summed E-state index contributed by atoms with van der Waals surface area (Å²) in [6.45, 7) is 5.46. The highest BCUT2D eigenvalue weighted by molar-refractivity contribution is 5.67. The summed E-state index contributed by atoms with van der Waals surface area (Å²) in [4.78, 5) is 11.3. The zero-order valence-electron chi connectivity index (χ0n) is 11.5. The quantitative estimate of drug-likeness (QED) is 0.662. The molecule has 0 atom stereocenters. The Bertz CT molecular complexity index is 487. The number of ether oxygens (including phenoxy) is 1. The lowest BCUT2D eigenvalue weighted by atomic mass is 10.2. The number of anilines is 1. The monoisotopic (exact) mass is 290 g/mol. The molecule has 0 spiro atoms. The highest BCUT2D eigenvalue weighted by Gasteiger charge is 2.16. The third-order valence-corrected chi connectivity index (χ3v) is 2.14. The fraction of sp³-hybridized carbons (Fsp3) is 0.462. The van der Waals surface area contributed by atoms with Gasteiger partial charge in [-0.1, -0.05) is 0 Å². The van der Waals surface area contributed by atoms with Gasteiger partial charge in [0.15, 0.2) is 17.5 Å². The van der Waals surface area contributed by atoms with E-state index in [1.54, 1.807) is 20.8 Å². The Kier molecular flexibility index (Phi) is 5.24. The van der Waals surface area contributed by atoms with Crippen molar-refractivity contribution in [3.05, 3.63) is 29.6 Å². The highest BCUT2D eigenvalue weighted by Crippen LogP contribution is 2.19. The van der Waals surface area contributed by atoms with Crippen LogP contribution in [0.25, 0.3) is 0 Å². The number of nitrogens with one attached hydrogen (secondary N) is 2. The first kappa shape index (κ1) is 16.1. The first-order valence-electron chi connectivity index (χ1n) is 6.05. The first-order valence-corrected chi connectivity index (χ1v) is 6.05. The zero-order chi connectivity index (χ0) is 15.3. The van der Waals surface area contributed by atoms with Gasteiger partial charge < -0.3 is 15.4 Å². The standard InChI is InChI=1S/C13H17F3N2O2/c1-13(2,3)20-12(19)18-7-6-17-9-5-4-8(14)10(15)11(9)16/h4-5,17H,6-7H2,1-3H3,(H,18,19). The van der Waals surface area contributed by atoms with E-state index in [0.29, 0.717) is 0 Å². The number of rotatable bonds is 4. The average molecular weight is 290 g/mol. The molecule has 1 aromatic carbocycles. The molecule has 0 aliphatic rings. The average Bonchev–Trinajstić information content (AvgIpc) is 2.32. The summed E-state index contributed by atoms with van der Waals surface area (Å²) in [5, 5.41) is 4.99. The summed E-state index contributed by atoms with van der Waals surface area (Å²) in [5.74, 6) is -4.07. The lowest BCUT2D eigenvalue weighted by Gasteiger charge is -2.19. The third-order valence-electron chi connectivity index (χ3n) is 2.14. The van der Waals surface area contributed by atoms with E-state index in [1.807, 2.05) is 0 Å². The molecule has 0 radical (unpaired) electrons. The van der Waals surface area contributed by atoms with E-state index in [-0.39, 0.29) is 18.8 Å². The van der Waals surface area contributed by atoms with Crippen LogP contribution >= 0.6 is 0 Å². The second-order valence-corrected chi connectivity index (χ2v) is 5.08. The molecule has 0 saturated carbocycles. The number of carbonyl (C=O) groups excluding carboxylic acids is 1. The zero-order valence-corrected chi connectivity index (χ0v) is 11.5. The van der Waals surface area contributed by atoms with Crippen molar-refractivity contribution in [1.29, 1.82) is 0 Å². The smallest absolute Gasteiger partial charge is 0.407 e. The largest absolute Gasteiger partial charge is 0.444 e. The molecule has 20 heavy (non-hydrogen) atoms. The summed E-state index contributed by atoms with van der Waals surface area (Å²) >= 11 is 0. The maximum absolute atomic E-state index is 13.3. The van der Waals surface area contributed by atoms with Crippen molar-refractivity contribution in [2.24, 2.45) is 0 Å². The molecule has 1 aromatic rings. The van der Waals surface area contributed by atoms with Gasteiger partial charge in [0.05, 0.1) is 5.69 Å². The molecule has 1 amide bonds. The van der Waals surface area contributed by atoms with Gasteiger partial charge in [0.1, 0.15) is 5.60 Å². The molecule has 2 N–H and O–H groups in total. The molecule has 0 heterocycles. The fourth-order valence-electron chi connectivity index (χ4n) is 1.34. The van der Waals surface area contributed by atoms with Crippen LogP contribution < -0.4 is 10.6 Å². The molecule has 4 nitrogen and oxygen atoms in total. The van der Waals surface area contributed by atoms with Crippen molar-refractivity contribution in [2.45, 2.75) is 26.4 Å².